The lowest BCUT2D eigenvalue weighted by molar-refractivity contribution is -0.119. The molecule has 0 unspecified atom stereocenters. The van der Waals surface area contributed by atoms with E-state index in [-0.39, 0.29) is 12.5 Å². The fraction of sp³-hybridized carbons (Fsp3) is 0.375. The number of ether oxygens (including phenoxy) is 1. The van der Waals surface area contributed by atoms with Gasteiger partial charge in [-0.2, -0.15) is 5.10 Å². The van der Waals surface area contributed by atoms with Gasteiger partial charge in [0.2, 0.25) is 0 Å². The number of hydrogen-bond acceptors (Lipinski definition) is 4. The van der Waals surface area contributed by atoms with Gasteiger partial charge < -0.3 is 10.1 Å². The molecule has 5 nitrogen and oxygen atoms in total. The van der Waals surface area contributed by atoms with Gasteiger partial charge in [-0.15, -0.1) is 0 Å². The number of benzene rings is 1. The van der Waals surface area contributed by atoms with Crippen molar-refractivity contribution in [3.63, 3.8) is 0 Å². The zero-order valence-electron chi connectivity index (χ0n) is 12.0. The molecular formula is C16H19N3O2. The Morgan fingerprint density at radius 2 is 2.19 bits per heavy atom. The first-order valence-electron chi connectivity index (χ1n) is 7.16. The predicted octanol–water partition coefficient (Wildman–Crippen LogP) is 2.18. The van der Waals surface area contributed by atoms with Gasteiger partial charge in [-0.05, 0) is 43.0 Å². The first-order valence-corrected chi connectivity index (χ1v) is 7.16. The van der Waals surface area contributed by atoms with Crippen LogP contribution in [0.1, 0.15) is 12.8 Å². The molecule has 0 aromatic heterocycles. The molecule has 2 aliphatic rings. The van der Waals surface area contributed by atoms with Crippen molar-refractivity contribution >= 4 is 17.3 Å². The number of nitrogens with zero attached hydrogens (tertiary/aromatic N) is 1. The Morgan fingerprint density at radius 1 is 1.38 bits per heavy atom. The van der Waals surface area contributed by atoms with Crippen LogP contribution >= 0.6 is 0 Å². The minimum Gasteiger partial charge on any atom is -0.497 e. The van der Waals surface area contributed by atoms with Crippen molar-refractivity contribution in [2.45, 2.75) is 12.8 Å². The number of carbonyl (C=O) groups excluding carboxylic acids is 1. The van der Waals surface area contributed by atoms with Crippen LogP contribution in [0.4, 0.5) is 5.69 Å². The summed E-state index contributed by atoms with van der Waals surface area (Å²) in [5.41, 5.74) is 4.58. The van der Waals surface area contributed by atoms with Gasteiger partial charge in [0.25, 0.3) is 5.91 Å². The summed E-state index contributed by atoms with van der Waals surface area (Å²) in [6, 6.07) is 7.44. The average Bonchev–Trinajstić information content (AvgIpc) is 2.87. The molecule has 1 aromatic rings. The van der Waals surface area contributed by atoms with Crippen LogP contribution < -0.4 is 15.5 Å². The normalized spacial score (nSPS) is 24.3. The Morgan fingerprint density at radius 3 is 2.90 bits per heavy atom. The SMILES string of the molecule is COc1ccc(NCC(=O)N/N=C2/C[C@@H]3CC=C[C@H]23)cc1. The monoisotopic (exact) mass is 285 g/mol. The number of methoxy groups -OCH3 is 1. The Balaban J connectivity index is 1.44. The van der Waals surface area contributed by atoms with Gasteiger partial charge in [0.1, 0.15) is 5.75 Å². The number of carbonyl (C=O) groups is 1. The molecule has 5 heteroatoms. The highest BCUT2D eigenvalue weighted by Gasteiger charge is 2.37. The lowest BCUT2D eigenvalue weighted by atomic mass is 9.74. The van der Waals surface area contributed by atoms with E-state index in [2.05, 4.69) is 28.0 Å². The number of hydrogen-bond donors (Lipinski definition) is 2. The Labute approximate surface area is 124 Å². The van der Waals surface area contributed by atoms with E-state index >= 15 is 0 Å². The van der Waals surface area contributed by atoms with Gasteiger partial charge in [-0.1, -0.05) is 12.2 Å². The number of anilines is 1. The molecule has 3 rings (SSSR count). The summed E-state index contributed by atoms with van der Waals surface area (Å²) in [7, 11) is 1.62. The van der Waals surface area contributed by atoms with E-state index in [1.165, 1.54) is 0 Å². The van der Waals surface area contributed by atoms with Crippen LogP contribution in [-0.2, 0) is 4.79 Å². The minimum atomic E-state index is -0.135. The molecule has 1 saturated carbocycles. The van der Waals surface area contributed by atoms with Gasteiger partial charge in [0.15, 0.2) is 0 Å². The summed E-state index contributed by atoms with van der Waals surface area (Å²) >= 11 is 0. The first kappa shape index (κ1) is 13.7. The highest BCUT2D eigenvalue weighted by Crippen LogP contribution is 2.40. The van der Waals surface area contributed by atoms with Crippen molar-refractivity contribution in [3.8, 4) is 5.75 Å². The van der Waals surface area contributed by atoms with Gasteiger partial charge >= 0.3 is 0 Å². The molecule has 1 amide bonds. The highest BCUT2D eigenvalue weighted by atomic mass is 16.5. The predicted molar refractivity (Wildman–Crippen MR) is 82.4 cm³/mol. The zero-order chi connectivity index (χ0) is 14.7. The van der Waals surface area contributed by atoms with Crippen molar-refractivity contribution in [2.75, 3.05) is 19.0 Å². The zero-order valence-corrected chi connectivity index (χ0v) is 12.0. The second-order valence-corrected chi connectivity index (χ2v) is 5.37. The van der Waals surface area contributed by atoms with Gasteiger partial charge in [-0.3, -0.25) is 4.79 Å². The van der Waals surface area contributed by atoms with Crippen LogP contribution in [0.15, 0.2) is 41.5 Å². The number of nitrogens with one attached hydrogen (secondary N) is 2. The van der Waals surface area contributed by atoms with Crippen LogP contribution in [0, 0.1) is 11.8 Å². The van der Waals surface area contributed by atoms with Gasteiger partial charge in [0, 0.05) is 17.3 Å². The molecule has 2 aliphatic carbocycles. The van der Waals surface area contributed by atoms with E-state index in [4.69, 9.17) is 4.74 Å². The van der Waals surface area contributed by atoms with Crippen LogP contribution in [-0.4, -0.2) is 25.3 Å². The van der Waals surface area contributed by atoms with Gasteiger partial charge in [-0.25, -0.2) is 5.43 Å². The molecule has 110 valence electrons. The van der Waals surface area contributed by atoms with Crippen LogP contribution in [0.3, 0.4) is 0 Å². The largest absolute Gasteiger partial charge is 0.497 e. The molecule has 1 fully saturated rings. The third-order valence-corrected chi connectivity index (χ3v) is 4.01. The number of hydrazone groups is 1. The van der Waals surface area contributed by atoms with Crippen LogP contribution in [0.25, 0.3) is 0 Å². The van der Waals surface area contributed by atoms with E-state index in [1.54, 1.807) is 7.11 Å². The fourth-order valence-electron chi connectivity index (χ4n) is 2.73. The quantitative estimate of drug-likeness (QED) is 0.644. The summed E-state index contributed by atoms with van der Waals surface area (Å²) in [6.45, 7) is 0.201. The van der Waals surface area contributed by atoms with E-state index in [0.29, 0.717) is 5.92 Å². The molecule has 0 heterocycles. The summed E-state index contributed by atoms with van der Waals surface area (Å²) in [4.78, 5) is 11.8. The molecule has 2 N–H and O–H groups in total. The lowest BCUT2D eigenvalue weighted by Gasteiger charge is -2.31. The smallest absolute Gasteiger partial charge is 0.259 e. The number of allylic oxidation sites excluding steroid dienone is 2. The highest BCUT2D eigenvalue weighted by molar-refractivity contribution is 5.95. The fourth-order valence-corrected chi connectivity index (χ4v) is 2.73. The lowest BCUT2D eigenvalue weighted by Crippen LogP contribution is -2.36. The standard InChI is InChI=1S/C16H19N3O2/c1-21-13-7-5-12(6-8-13)17-10-16(20)19-18-15-9-11-3-2-4-14(11)15/h2,4-8,11,14,17H,3,9-10H2,1H3,(H,19,20)/b18-15-/t11-,14-/m0/s1. The Kier molecular flexibility index (Phi) is 3.90. The minimum absolute atomic E-state index is 0.135. The molecule has 0 aliphatic heterocycles. The summed E-state index contributed by atoms with van der Waals surface area (Å²) in [5, 5.41) is 7.27. The van der Waals surface area contributed by atoms with Crippen LogP contribution in [0.2, 0.25) is 0 Å². The number of rotatable bonds is 5. The van der Waals surface area contributed by atoms with Crippen molar-refractivity contribution in [1.82, 2.24) is 5.43 Å². The third-order valence-electron chi connectivity index (χ3n) is 4.01. The molecule has 0 spiro atoms. The number of amides is 1. The third kappa shape index (κ3) is 3.07. The summed E-state index contributed by atoms with van der Waals surface area (Å²) in [5.74, 6) is 1.84. The second-order valence-electron chi connectivity index (χ2n) is 5.37. The van der Waals surface area contributed by atoms with E-state index in [0.717, 1.165) is 35.9 Å². The molecular weight excluding hydrogens is 266 g/mol. The maximum atomic E-state index is 11.8. The van der Waals surface area contributed by atoms with Crippen molar-refractivity contribution < 1.29 is 9.53 Å². The summed E-state index contributed by atoms with van der Waals surface area (Å²) in [6.07, 6.45) is 6.54. The molecule has 0 radical (unpaired) electrons. The maximum Gasteiger partial charge on any atom is 0.259 e. The molecule has 21 heavy (non-hydrogen) atoms. The van der Waals surface area contributed by atoms with E-state index in [1.807, 2.05) is 24.3 Å². The van der Waals surface area contributed by atoms with Crippen molar-refractivity contribution in [2.24, 2.45) is 16.9 Å². The summed E-state index contributed by atoms with van der Waals surface area (Å²) < 4.78 is 5.08. The van der Waals surface area contributed by atoms with Crippen molar-refractivity contribution in [3.05, 3.63) is 36.4 Å². The topological polar surface area (TPSA) is 62.7 Å². The number of fused-ring (bicyclic) bond motifs is 1. The molecule has 0 bridgehead atoms. The molecule has 0 saturated heterocycles. The second kappa shape index (κ2) is 5.99. The molecule has 1 aromatic carbocycles. The van der Waals surface area contributed by atoms with Crippen LogP contribution in [0.5, 0.6) is 5.75 Å². The first-order chi connectivity index (χ1) is 10.3. The van der Waals surface area contributed by atoms with Crippen molar-refractivity contribution in [1.29, 1.82) is 0 Å². The maximum absolute atomic E-state index is 11.8. The van der Waals surface area contributed by atoms with Gasteiger partial charge in [0.05, 0.1) is 13.7 Å². The Bertz CT molecular complexity index is 578. The molecule has 2 atom stereocenters. The van der Waals surface area contributed by atoms with E-state index in [9.17, 15) is 4.79 Å². The van der Waals surface area contributed by atoms with E-state index < -0.39 is 0 Å². The Hall–Kier alpha value is -2.30. The average molecular weight is 285 g/mol.